The smallest absolute Gasteiger partial charge is 0.243 e. The molecular formula is C26H35N3O3S. The summed E-state index contributed by atoms with van der Waals surface area (Å²) < 4.78 is 27.5. The number of hydrogen-bond donors (Lipinski definition) is 1. The lowest BCUT2D eigenvalue weighted by molar-refractivity contribution is -0.126. The Morgan fingerprint density at radius 3 is 2.36 bits per heavy atom. The van der Waals surface area contributed by atoms with Gasteiger partial charge < -0.3 is 10.2 Å². The van der Waals surface area contributed by atoms with E-state index in [9.17, 15) is 13.2 Å². The highest BCUT2D eigenvalue weighted by molar-refractivity contribution is 7.89. The summed E-state index contributed by atoms with van der Waals surface area (Å²) in [6, 6.07) is 15.3. The SMILES string of the molecule is Cc1ccc(S(=O)(=O)N2CCCC(C(=O)NCc3ccc(N4CCCC(C)C4)cc3)C2)cc1. The quantitative estimate of drug-likeness (QED) is 0.696. The first-order valence-electron chi connectivity index (χ1n) is 12.0. The second-order valence-corrected chi connectivity index (χ2v) is 11.5. The number of carbonyl (C=O) groups excluding carboxylic acids is 1. The van der Waals surface area contributed by atoms with E-state index < -0.39 is 10.0 Å². The molecule has 0 aliphatic carbocycles. The summed E-state index contributed by atoms with van der Waals surface area (Å²) in [5.41, 5.74) is 3.31. The van der Waals surface area contributed by atoms with Gasteiger partial charge in [-0.2, -0.15) is 4.31 Å². The van der Waals surface area contributed by atoms with Crippen LogP contribution in [-0.4, -0.2) is 44.8 Å². The molecule has 0 bridgehead atoms. The van der Waals surface area contributed by atoms with Crippen molar-refractivity contribution in [2.45, 2.75) is 51.0 Å². The maximum absolute atomic E-state index is 13.0. The van der Waals surface area contributed by atoms with E-state index in [4.69, 9.17) is 0 Å². The van der Waals surface area contributed by atoms with Crippen molar-refractivity contribution in [1.82, 2.24) is 9.62 Å². The minimum atomic E-state index is -3.58. The molecular weight excluding hydrogens is 434 g/mol. The van der Waals surface area contributed by atoms with Crippen molar-refractivity contribution in [3.63, 3.8) is 0 Å². The normalized spacial score (nSPS) is 22.2. The van der Waals surface area contributed by atoms with E-state index in [2.05, 4.69) is 41.4 Å². The van der Waals surface area contributed by atoms with Crippen LogP contribution in [0.4, 0.5) is 5.69 Å². The fourth-order valence-corrected chi connectivity index (χ4v) is 6.34. The standard InChI is InChI=1S/C26H35N3O3S/c1-20-7-13-25(14-8-20)33(31,32)29-16-4-6-23(19-29)26(30)27-17-22-9-11-24(12-10-22)28-15-3-5-21(2)18-28/h7-14,21,23H,3-6,15-19H2,1-2H3,(H,27,30). The summed E-state index contributed by atoms with van der Waals surface area (Å²) >= 11 is 0. The van der Waals surface area contributed by atoms with Crippen LogP contribution in [0.5, 0.6) is 0 Å². The van der Waals surface area contributed by atoms with E-state index in [1.165, 1.54) is 22.8 Å². The second kappa shape index (κ2) is 10.3. The maximum Gasteiger partial charge on any atom is 0.243 e. The monoisotopic (exact) mass is 469 g/mol. The van der Waals surface area contributed by atoms with Crippen molar-refractivity contribution in [1.29, 1.82) is 0 Å². The Labute approximate surface area is 198 Å². The second-order valence-electron chi connectivity index (χ2n) is 9.59. The van der Waals surface area contributed by atoms with Crippen LogP contribution >= 0.6 is 0 Å². The number of aryl methyl sites for hydroxylation is 1. The zero-order chi connectivity index (χ0) is 23.4. The molecule has 0 saturated carbocycles. The number of sulfonamides is 1. The van der Waals surface area contributed by atoms with Gasteiger partial charge in [0.15, 0.2) is 0 Å². The first kappa shape index (κ1) is 23.8. The van der Waals surface area contributed by atoms with Gasteiger partial charge in [0.05, 0.1) is 10.8 Å². The molecule has 7 heteroatoms. The van der Waals surface area contributed by atoms with Gasteiger partial charge in [0.25, 0.3) is 0 Å². The summed E-state index contributed by atoms with van der Waals surface area (Å²) in [4.78, 5) is 15.6. The Bertz CT molecular complexity index is 1050. The summed E-state index contributed by atoms with van der Waals surface area (Å²) in [6.45, 7) is 7.57. The maximum atomic E-state index is 13.0. The van der Waals surface area contributed by atoms with Gasteiger partial charge in [-0.1, -0.05) is 36.8 Å². The summed E-state index contributed by atoms with van der Waals surface area (Å²) in [5.74, 6) is 0.323. The molecule has 2 heterocycles. The Hall–Kier alpha value is -2.38. The van der Waals surface area contributed by atoms with Crippen LogP contribution in [0.3, 0.4) is 0 Å². The molecule has 2 aromatic carbocycles. The molecule has 2 fully saturated rings. The molecule has 1 amide bonds. The van der Waals surface area contributed by atoms with Gasteiger partial charge in [-0.25, -0.2) is 8.42 Å². The third kappa shape index (κ3) is 5.76. The topological polar surface area (TPSA) is 69.7 Å². The minimum Gasteiger partial charge on any atom is -0.371 e. The predicted octanol–water partition coefficient (Wildman–Crippen LogP) is 3.95. The predicted molar refractivity (Wildman–Crippen MR) is 132 cm³/mol. The van der Waals surface area contributed by atoms with Crippen LogP contribution in [0, 0.1) is 18.8 Å². The van der Waals surface area contributed by atoms with E-state index in [1.54, 1.807) is 24.3 Å². The number of nitrogens with zero attached hydrogens (tertiary/aromatic N) is 2. The molecule has 33 heavy (non-hydrogen) atoms. The Kier molecular flexibility index (Phi) is 7.39. The fourth-order valence-electron chi connectivity index (χ4n) is 4.82. The molecule has 2 aromatic rings. The van der Waals surface area contributed by atoms with Crippen molar-refractivity contribution >= 4 is 21.6 Å². The highest BCUT2D eigenvalue weighted by Gasteiger charge is 2.33. The van der Waals surface area contributed by atoms with Crippen molar-refractivity contribution < 1.29 is 13.2 Å². The summed E-state index contributed by atoms with van der Waals surface area (Å²) in [6.07, 6.45) is 3.92. The zero-order valence-electron chi connectivity index (χ0n) is 19.7. The van der Waals surface area contributed by atoms with Crippen LogP contribution in [0.2, 0.25) is 0 Å². The molecule has 2 aliphatic heterocycles. The van der Waals surface area contributed by atoms with Crippen molar-refractivity contribution in [2.75, 3.05) is 31.1 Å². The minimum absolute atomic E-state index is 0.0762. The Balaban J connectivity index is 1.32. The zero-order valence-corrected chi connectivity index (χ0v) is 20.5. The number of amides is 1. The lowest BCUT2D eigenvalue weighted by atomic mass is 9.98. The van der Waals surface area contributed by atoms with Crippen LogP contribution in [0.1, 0.15) is 43.7 Å². The van der Waals surface area contributed by atoms with Gasteiger partial charge in [-0.3, -0.25) is 4.79 Å². The molecule has 2 aliphatic rings. The molecule has 0 aromatic heterocycles. The third-order valence-electron chi connectivity index (χ3n) is 6.84. The molecule has 0 radical (unpaired) electrons. The third-order valence-corrected chi connectivity index (χ3v) is 8.72. The van der Waals surface area contributed by atoms with Crippen molar-refractivity contribution in [3.05, 3.63) is 59.7 Å². The van der Waals surface area contributed by atoms with Crippen LogP contribution in [0.15, 0.2) is 53.4 Å². The van der Waals surface area contributed by atoms with E-state index in [0.29, 0.717) is 25.9 Å². The molecule has 1 N–H and O–H groups in total. The molecule has 2 saturated heterocycles. The first-order valence-corrected chi connectivity index (χ1v) is 13.5. The van der Waals surface area contributed by atoms with Gasteiger partial charge in [0, 0.05) is 38.4 Å². The number of piperidine rings is 2. The first-order chi connectivity index (χ1) is 15.8. The average Bonchev–Trinajstić information content (AvgIpc) is 2.83. The molecule has 2 atom stereocenters. The van der Waals surface area contributed by atoms with Crippen LogP contribution < -0.4 is 10.2 Å². The number of carbonyl (C=O) groups is 1. The lowest BCUT2D eigenvalue weighted by Crippen LogP contribution is -2.45. The van der Waals surface area contributed by atoms with E-state index >= 15 is 0 Å². The molecule has 2 unspecified atom stereocenters. The number of nitrogens with one attached hydrogen (secondary N) is 1. The summed E-state index contributed by atoms with van der Waals surface area (Å²) in [7, 11) is -3.58. The summed E-state index contributed by atoms with van der Waals surface area (Å²) in [5, 5.41) is 3.02. The number of benzene rings is 2. The van der Waals surface area contributed by atoms with Crippen molar-refractivity contribution in [2.24, 2.45) is 11.8 Å². The number of hydrogen-bond acceptors (Lipinski definition) is 4. The van der Waals surface area contributed by atoms with Gasteiger partial charge in [0.1, 0.15) is 0 Å². The van der Waals surface area contributed by atoms with E-state index in [0.717, 1.165) is 30.1 Å². The molecule has 6 nitrogen and oxygen atoms in total. The fraction of sp³-hybridized carbons (Fsp3) is 0.500. The average molecular weight is 470 g/mol. The van der Waals surface area contributed by atoms with Gasteiger partial charge in [-0.05, 0) is 68.4 Å². The number of rotatable bonds is 6. The van der Waals surface area contributed by atoms with Crippen LogP contribution in [-0.2, 0) is 21.4 Å². The van der Waals surface area contributed by atoms with Gasteiger partial charge >= 0.3 is 0 Å². The van der Waals surface area contributed by atoms with Gasteiger partial charge in [-0.15, -0.1) is 0 Å². The molecule has 178 valence electrons. The Morgan fingerprint density at radius 1 is 0.970 bits per heavy atom. The molecule has 0 spiro atoms. The number of anilines is 1. The van der Waals surface area contributed by atoms with E-state index in [1.807, 2.05) is 6.92 Å². The largest absolute Gasteiger partial charge is 0.371 e. The highest BCUT2D eigenvalue weighted by atomic mass is 32.2. The van der Waals surface area contributed by atoms with E-state index in [-0.39, 0.29) is 23.3 Å². The highest BCUT2D eigenvalue weighted by Crippen LogP contribution is 2.25. The Morgan fingerprint density at radius 2 is 1.67 bits per heavy atom. The lowest BCUT2D eigenvalue weighted by Gasteiger charge is -2.33. The van der Waals surface area contributed by atoms with Crippen LogP contribution in [0.25, 0.3) is 0 Å². The molecule has 4 rings (SSSR count). The van der Waals surface area contributed by atoms with Gasteiger partial charge in [0.2, 0.25) is 15.9 Å². The van der Waals surface area contributed by atoms with Crippen molar-refractivity contribution in [3.8, 4) is 0 Å².